The summed E-state index contributed by atoms with van der Waals surface area (Å²) in [5.74, 6) is -0.266. The Labute approximate surface area is 155 Å². The lowest BCUT2D eigenvalue weighted by atomic mass is 10.1. The molecule has 2 N–H and O–H groups in total. The van der Waals surface area contributed by atoms with Gasteiger partial charge in [-0.25, -0.2) is 8.42 Å². The van der Waals surface area contributed by atoms with Crippen LogP contribution in [0.1, 0.15) is 48.2 Å². The van der Waals surface area contributed by atoms with E-state index in [0.717, 1.165) is 18.4 Å². The molecule has 0 aliphatic carbocycles. The minimum atomic E-state index is -3.79. The Morgan fingerprint density at radius 1 is 1.12 bits per heavy atom. The van der Waals surface area contributed by atoms with Gasteiger partial charge in [0.15, 0.2) is 0 Å². The molecule has 0 aliphatic heterocycles. The van der Waals surface area contributed by atoms with E-state index in [1.807, 2.05) is 19.9 Å². The van der Waals surface area contributed by atoms with E-state index in [1.54, 1.807) is 37.3 Å². The molecule has 0 heterocycles. The standard InChI is InChI=1S/C20H26N2O3S/c1-5-7-16(4)21-20(23)17-11-10-15(3)19(13-17)26(24,25)22-18-9-6-8-14(2)12-18/h6,8-13,16,22H,5,7H2,1-4H3,(H,21,23)/t16-/m0/s1. The third-order valence-corrected chi connectivity index (χ3v) is 5.63. The predicted molar refractivity (Wildman–Crippen MR) is 105 cm³/mol. The van der Waals surface area contributed by atoms with E-state index in [4.69, 9.17) is 0 Å². The van der Waals surface area contributed by atoms with Crippen LogP contribution in [0.15, 0.2) is 47.4 Å². The minimum Gasteiger partial charge on any atom is -0.350 e. The normalized spacial score (nSPS) is 12.5. The van der Waals surface area contributed by atoms with E-state index in [-0.39, 0.29) is 16.8 Å². The first-order valence-corrected chi connectivity index (χ1v) is 10.2. The Morgan fingerprint density at radius 3 is 2.50 bits per heavy atom. The lowest BCUT2D eigenvalue weighted by Crippen LogP contribution is -2.32. The summed E-state index contributed by atoms with van der Waals surface area (Å²) in [4.78, 5) is 12.5. The molecule has 1 atom stereocenters. The highest BCUT2D eigenvalue weighted by atomic mass is 32.2. The number of aryl methyl sites for hydroxylation is 2. The summed E-state index contributed by atoms with van der Waals surface area (Å²) in [5.41, 5.74) is 2.38. The number of benzene rings is 2. The Hall–Kier alpha value is -2.34. The first-order valence-electron chi connectivity index (χ1n) is 8.74. The van der Waals surface area contributed by atoms with Crippen LogP contribution in [0, 0.1) is 13.8 Å². The zero-order valence-electron chi connectivity index (χ0n) is 15.7. The van der Waals surface area contributed by atoms with Crippen molar-refractivity contribution in [3.63, 3.8) is 0 Å². The van der Waals surface area contributed by atoms with Crippen molar-refractivity contribution in [3.05, 3.63) is 59.2 Å². The highest BCUT2D eigenvalue weighted by Crippen LogP contribution is 2.21. The second kappa shape index (κ2) is 8.36. The van der Waals surface area contributed by atoms with Crippen LogP contribution in [0.5, 0.6) is 0 Å². The van der Waals surface area contributed by atoms with Gasteiger partial charge in [-0.05, 0) is 62.6 Å². The molecule has 0 aliphatic rings. The zero-order valence-corrected chi connectivity index (χ0v) is 16.5. The summed E-state index contributed by atoms with van der Waals surface area (Å²) in [7, 11) is -3.79. The largest absolute Gasteiger partial charge is 0.350 e. The van der Waals surface area contributed by atoms with Crippen molar-refractivity contribution in [2.75, 3.05) is 4.72 Å². The minimum absolute atomic E-state index is 0.0410. The topological polar surface area (TPSA) is 75.3 Å². The number of rotatable bonds is 7. The second-order valence-electron chi connectivity index (χ2n) is 6.62. The van der Waals surface area contributed by atoms with Crippen molar-refractivity contribution >= 4 is 21.6 Å². The molecular formula is C20H26N2O3S. The Kier molecular flexibility index (Phi) is 6.42. The van der Waals surface area contributed by atoms with Crippen molar-refractivity contribution in [1.29, 1.82) is 0 Å². The lowest BCUT2D eigenvalue weighted by Gasteiger charge is -2.15. The van der Waals surface area contributed by atoms with E-state index in [1.165, 1.54) is 6.07 Å². The number of sulfonamides is 1. The maximum absolute atomic E-state index is 12.8. The first kappa shape index (κ1) is 20.0. The van der Waals surface area contributed by atoms with Gasteiger partial charge in [0.25, 0.3) is 15.9 Å². The van der Waals surface area contributed by atoms with Gasteiger partial charge in [0.05, 0.1) is 4.90 Å². The van der Waals surface area contributed by atoms with Crippen LogP contribution in [0.3, 0.4) is 0 Å². The van der Waals surface area contributed by atoms with Gasteiger partial charge < -0.3 is 5.32 Å². The molecule has 2 aromatic carbocycles. The number of anilines is 1. The summed E-state index contributed by atoms with van der Waals surface area (Å²) in [6.45, 7) is 7.60. The summed E-state index contributed by atoms with van der Waals surface area (Å²) < 4.78 is 28.2. The summed E-state index contributed by atoms with van der Waals surface area (Å²) >= 11 is 0. The molecule has 0 unspecified atom stereocenters. The molecule has 5 nitrogen and oxygen atoms in total. The maximum atomic E-state index is 12.8. The quantitative estimate of drug-likeness (QED) is 0.768. The molecule has 0 spiro atoms. The van der Waals surface area contributed by atoms with Crippen LogP contribution in [-0.2, 0) is 10.0 Å². The first-order chi connectivity index (χ1) is 12.2. The van der Waals surface area contributed by atoms with Gasteiger partial charge >= 0.3 is 0 Å². The third-order valence-electron chi connectivity index (χ3n) is 4.11. The van der Waals surface area contributed by atoms with Crippen molar-refractivity contribution in [3.8, 4) is 0 Å². The monoisotopic (exact) mass is 374 g/mol. The molecule has 0 saturated carbocycles. The van der Waals surface area contributed by atoms with E-state index in [0.29, 0.717) is 16.8 Å². The molecule has 0 aromatic heterocycles. The van der Waals surface area contributed by atoms with Gasteiger partial charge in [-0.3, -0.25) is 9.52 Å². The lowest BCUT2D eigenvalue weighted by molar-refractivity contribution is 0.0938. The van der Waals surface area contributed by atoms with E-state index in [9.17, 15) is 13.2 Å². The smallest absolute Gasteiger partial charge is 0.262 e. The fraction of sp³-hybridized carbons (Fsp3) is 0.350. The highest BCUT2D eigenvalue weighted by molar-refractivity contribution is 7.92. The highest BCUT2D eigenvalue weighted by Gasteiger charge is 2.20. The molecule has 2 rings (SSSR count). The number of carbonyl (C=O) groups excluding carboxylic acids is 1. The molecule has 2 aromatic rings. The average Bonchev–Trinajstić information content (AvgIpc) is 2.54. The fourth-order valence-corrected chi connectivity index (χ4v) is 4.08. The Morgan fingerprint density at radius 2 is 1.85 bits per heavy atom. The van der Waals surface area contributed by atoms with Gasteiger partial charge in [-0.1, -0.05) is 31.5 Å². The molecule has 140 valence electrons. The molecular weight excluding hydrogens is 348 g/mol. The average molecular weight is 375 g/mol. The Balaban J connectivity index is 2.29. The Bertz CT molecular complexity index is 892. The zero-order chi connectivity index (χ0) is 19.3. The number of hydrogen-bond donors (Lipinski definition) is 2. The molecule has 26 heavy (non-hydrogen) atoms. The number of amides is 1. The molecule has 0 fully saturated rings. The van der Waals surface area contributed by atoms with Gasteiger partial charge in [0, 0.05) is 17.3 Å². The summed E-state index contributed by atoms with van der Waals surface area (Å²) in [6, 6.07) is 11.9. The second-order valence-corrected chi connectivity index (χ2v) is 8.27. The van der Waals surface area contributed by atoms with Crippen molar-refractivity contribution in [1.82, 2.24) is 5.32 Å². The van der Waals surface area contributed by atoms with Crippen LogP contribution in [0.4, 0.5) is 5.69 Å². The van der Waals surface area contributed by atoms with Crippen molar-refractivity contribution in [2.45, 2.75) is 51.5 Å². The number of nitrogens with one attached hydrogen (secondary N) is 2. The molecule has 6 heteroatoms. The van der Waals surface area contributed by atoms with Crippen LogP contribution in [0.25, 0.3) is 0 Å². The SMILES string of the molecule is CCC[C@H](C)NC(=O)c1ccc(C)c(S(=O)(=O)Nc2cccc(C)c2)c1. The van der Waals surface area contributed by atoms with Crippen LogP contribution < -0.4 is 10.0 Å². The number of hydrogen-bond acceptors (Lipinski definition) is 3. The van der Waals surface area contributed by atoms with E-state index < -0.39 is 10.0 Å². The van der Waals surface area contributed by atoms with Gasteiger partial charge in [0.1, 0.15) is 0 Å². The van der Waals surface area contributed by atoms with Crippen molar-refractivity contribution < 1.29 is 13.2 Å². The van der Waals surface area contributed by atoms with Crippen molar-refractivity contribution in [2.24, 2.45) is 0 Å². The van der Waals surface area contributed by atoms with Crippen LogP contribution in [-0.4, -0.2) is 20.4 Å². The molecule has 0 bridgehead atoms. The van der Waals surface area contributed by atoms with E-state index >= 15 is 0 Å². The van der Waals surface area contributed by atoms with Crippen LogP contribution in [0.2, 0.25) is 0 Å². The van der Waals surface area contributed by atoms with Crippen LogP contribution >= 0.6 is 0 Å². The molecule has 0 radical (unpaired) electrons. The third kappa shape index (κ3) is 5.08. The van der Waals surface area contributed by atoms with Gasteiger partial charge in [-0.2, -0.15) is 0 Å². The summed E-state index contributed by atoms with van der Waals surface area (Å²) in [5, 5.41) is 2.90. The predicted octanol–water partition coefficient (Wildman–Crippen LogP) is 4.02. The molecule has 0 saturated heterocycles. The van der Waals surface area contributed by atoms with Gasteiger partial charge in [0.2, 0.25) is 0 Å². The molecule has 1 amide bonds. The van der Waals surface area contributed by atoms with E-state index in [2.05, 4.69) is 17.0 Å². The maximum Gasteiger partial charge on any atom is 0.262 e. The fourth-order valence-electron chi connectivity index (χ4n) is 2.76. The number of carbonyl (C=O) groups is 1. The summed E-state index contributed by atoms with van der Waals surface area (Å²) in [6.07, 6.45) is 1.84. The van der Waals surface area contributed by atoms with Gasteiger partial charge in [-0.15, -0.1) is 0 Å².